The van der Waals surface area contributed by atoms with Crippen LogP contribution in [-0.4, -0.2) is 6.54 Å². The first-order chi connectivity index (χ1) is 9.58. The first-order valence-electron chi connectivity index (χ1n) is 6.83. The second-order valence-electron chi connectivity index (χ2n) is 5.01. The van der Waals surface area contributed by atoms with E-state index in [-0.39, 0.29) is 6.04 Å². The van der Waals surface area contributed by atoms with Gasteiger partial charge < -0.3 is 5.32 Å². The Morgan fingerprint density at radius 1 is 1.20 bits per heavy atom. The SMILES string of the molecule is CCNC(Cc1cccc(C)c1)c1cc(Cl)cc(Br)c1. The molecule has 0 bridgehead atoms. The largest absolute Gasteiger partial charge is 0.310 e. The standard InChI is InChI=1S/C17H19BrClN/c1-3-20-17(8-13-6-4-5-12(2)7-13)14-9-15(18)11-16(19)10-14/h4-7,9-11,17,20H,3,8H2,1-2H3. The second kappa shape index (κ2) is 7.26. The Balaban J connectivity index is 2.26. The monoisotopic (exact) mass is 351 g/mol. The molecule has 0 radical (unpaired) electrons. The zero-order valence-corrected chi connectivity index (χ0v) is 14.1. The molecule has 0 saturated heterocycles. The zero-order valence-electron chi connectivity index (χ0n) is 11.8. The Kier molecular flexibility index (Phi) is 5.64. The fraction of sp³-hybridized carbons (Fsp3) is 0.294. The minimum absolute atomic E-state index is 0.275. The van der Waals surface area contributed by atoms with Crippen LogP contribution in [0.4, 0.5) is 0 Å². The molecule has 0 amide bonds. The van der Waals surface area contributed by atoms with Crippen molar-refractivity contribution in [3.8, 4) is 0 Å². The molecule has 1 atom stereocenters. The average Bonchev–Trinajstić information content (AvgIpc) is 2.37. The molecular formula is C17H19BrClN. The van der Waals surface area contributed by atoms with Gasteiger partial charge in [0.15, 0.2) is 0 Å². The normalized spacial score (nSPS) is 12.4. The molecule has 1 nitrogen and oxygen atoms in total. The lowest BCUT2D eigenvalue weighted by Gasteiger charge is -2.19. The molecule has 0 heterocycles. The molecule has 2 aromatic rings. The van der Waals surface area contributed by atoms with Crippen molar-refractivity contribution in [1.82, 2.24) is 5.32 Å². The molecule has 0 spiro atoms. The van der Waals surface area contributed by atoms with Gasteiger partial charge in [0.2, 0.25) is 0 Å². The van der Waals surface area contributed by atoms with Gasteiger partial charge in [0.25, 0.3) is 0 Å². The highest BCUT2D eigenvalue weighted by atomic mass is 79.9. The highest BCUT2D eigenvalue weighted by molar-refractivity contribution is 9.10. The topological polar surface area (TPSA) is 12.0 Å². The number of aryl methyl sites for hydroxylation is 1. The van der Waals surface area contributed by atoms with Gasteiger partial charge in [0.05, 0.1) is 0 Å². The van der Waals surface area contributed by atoms with Gasteiger partial charge in [-0.05, 0) is 49.2 Å². The van der Waals surface area contributed by atoms with Gasteiger partial charge >= 0.3 is 0 Å². The van der Waals surface area contributed by atoms with Crippen LogP contribution in [0.1, 0.15) is 29.7 Å². The van der Waals surface area contributed by atoms with E-state index in [1.54, 1.807) is 0 Å². The maximum Gasteiger partial charge on any atom is 0.0420 e. The van der Waals surface area contributed by atoms with E-state index in [0.717, 1.165) is 22.5 Å². The highest BCUT2D eigenvalue weighted by Crippen LogP contribution is 2.26. The summed E-state index contributed by atoms with van der Waals surface area (Å²) in [5.41, 5.74) is 3.85. The molecule has 1 unspecified atom stereocenters. The van der Waals surface area contributed by atoms with E-state index in [0.29, 0.717) is 0 Å². The molecule has 0 aliphatic rings. The second-order valence-corrected chi connectivity index (χ2v) is 6.36. The van der Waals surface area contributed by atoms with E-state index >= 15 is 0 Å². The summed E-state index contributed by atoms with van der Waals surface area (Å²) in [7, 11) is 0. The van der Waals surface area contributed by atoms with Gasteiger partial charge in [-0.15, -0.1) is 0 Å². The summed E-state index contributed by atoms with van der Waals surface area (Å²) in [6, 6.07) is 15.0. The summed E-state index contributed by atoms with van der Waals surface area (Å²) in [4.78, 5) is 0. The van der Waals surface area contributed by atoms with Crippen LogP contribution in [0.3, 0.4) is 0 Å². The first-order valence-corrected chi connectivity index (χ1v) is 8.00. The van der Waals surface area contributed by atoms with E-state index in [1.165, 1.54) is 16.7 Å². The molecule has 0 fully saturated rings. The number of rotatable bonds is 5. The lowest BCUT2D eigenvalue weighted by molar-refractivity contribution is 0.549. The van der Waals surface area contributed by atoms with Gasteiger partial charge in [-0.1, -0.05) is 64.3 Å². The summed E-state index contributed by atoms with van der Waals surface area (Å²) in [5.74, 6) is 0. The number of hydrogen-bond donors (Lipinski definition) is 1. The van der Waals surface area contributed by atoms with Gasteiger partial charge in [-0.3, -0.25) is 0 Å². The fourth-order valence-corrected chi connectivity index (χ4v) is 3.29. The third-order valence-corrected chi connectivity index (χ3v) is 3.94. The van der Waals surface area contributed by atoms with E-state index < -0.39 is 0 Å². The highest BCUT2D eigenvalue weighted by Gasteiger charge is 2.12. The average molecular weight is 353 g/mol. The Labute approximate surface area is 134 Å². The molecule has 0 aromatic heterocycles. The van der Waals surface area contributed by atoms with E-state index in [9.17, 15) is 0 Å². The van der Waals surface area contributed by atoms with E-state index in [4.69, 9.17) is 11.6 Å². The van der Waals surface area contributed by atoms with Crippen molar-refractivity contribution in [3.05, 3.63) is 68.7 Å². The maximum absolute atomic E-state index is 6.16. The lowest BCUT2D eigenvalue weighted by atomic mass is 9.98. The van der Waals surface area contributed by atoms with Crippen LogP contribution >= 0.6 is 27.5 Å². The van der Waals surface area contributed by atoms with Crippen LogP contribution in [0.25, 0.3) is 0 Å². The third kappa shape index (κ3) is 4.34. The molecule has 2 aromatic carbocycles. The predicted molar refractivity (Wildman–Crippen MR) is 90.5 cm³/mol. The van der Waals surface area contributed by atoms with Crippen LogP contribution < -0.4 is 5.32 Å². The predicted octanol–water partition coefficient (Wildman–Crippen LogP) is 5.30. The van der Waals surface area contributed by atoms with Crippen molar-refractivity contribution < 1.29 is 0 Å². The summed E-state index contributed by atoms with van der Waals surface area (Å²) in [5, 5.41) is 4.31. The Morgan fingerprint density at radius 3 is 2.65 bits per heavy atom. The van der Waals surface area contributed by atoms with Crippen molar-refractivity contribution in [2.45, 2.75) is 26.3 Å². The Bertz CT molecular complexity index is 563. The molecular weight excluding hydrogens is 334 g/mol. The molecule has 0 aliphatic heterocycles. The summed E-state index contributed by atoms with van der Waals surface area (Å²) in [6.07, 6.45) is 0.961. The van der Waals surface area contributed by atoms with Gasteiger partial charge in [-0.25, -0.2) is 0 Å². The molecule has 3 heteroatoms. The van der Waals surface area contributed by atoms with Gasteiger partial charge in [0.1, 0.15) is 0 Å². The number of hydrogen-bond acceptors (Lipinski definition) is 1. The fourth-order valence-electron chi connectivity index (χ4n) is 2.41. The van der Waals surface area contributed by atoms with Crippen molar-refractivity contribution in [2.75, 3.05) is 6.54 Å². The van der Waals surface area contributed by atoms with Crippen LogP contribution in [0.15, 0.2) is 46.9 Å². The molecule has 2 rings (SSSR count). The van der Waals surface area contributed by atoms with Crippen molar-refractivity contribution in [2.24, 2.45) is 0 Å². The maximum atomic E-state index is 6.16. The summed E-state index contributed by atoms with van der Waals surface area (Å²) < 4.78 is 1.02. The lowest BCUT2D eigenvalue weighted by Crippen LogP contribution is -2.23. The van der Waals surface area contributed by atoms with Crippen LogP contribution in [0.5, 0.6) is 0 Å². The van der Waals surface area contributed by atoms with Crippen LogP contribution in [-0.2, 0) is 6.42 Å². The molecule has 0 aliphatic carbocycles. The van der Waals surface area contributed by atoms with Crippen molar-refractivity contribution in [3.63, 3.8) is 0 Å². The van der Waals surface area contributed by atoms with Crippen LogP contribution in [0, 0.1) is 6.92 Å². The summed E-state index contributed by atoms with van der Waals surface area (Å²) >= 11 is 9.68. The van der Waals surface area contributed by atoms with Crippen molar-refractivity contribution >= 4 is 27.5 Å². The number of benzene rings is 2. The summed E-state index contributed by atoms with van der Waals surface area (Å²) in [6.45, 7) is 5.19. The van der Waals surface area contributed by atoms with E-state index in [1.807, 2.05) is 12.1 Å². The number of nitrogens with one attached hydrogen (secondary N) is 1. The molecule has 0 saturated carbocycles. The van der Waals surface area contributed by atoms with Gasteiger partial charge in [-0.2, -0.15) is 0 Å². The number of likely N-dealkylation sites (N-methyl/N-ethyl adjacent to an activating group) is 1. The zero-order chi connectivity index (χ0) is 14.5. The van der Waals surface area contributed by atoms with Crippen LogP contribution in [0.2, 0.25) is 5.02 Å². The quantitative estimate of drug-likeness (QED) is 0.769. The third-order valence-electron chi connectivity index (χ3n) is 3.26. The van der Waals surface area contributed by atoms with Gasteiger partial charge in [0, 0.05) is 15.5 Å². The molecule has 106 valence electrons. The molecule has 20 heavy (non-hydrogen) atoms. The first kappa shape index (κ1) is 15.6. The smallest absolute Gasteiger partial charge is 0.0420 e. The molecule has 1 N–H and O–H groups in total. The van der Waals surface area contributed by atoms with E-state index in [2.05, 4.69) is 65.4 Å². The Morgan fingerprint density at radius 2 is 2.00 bits per heavy atom. The minimum atomic E-state index is 0.275. The number of halogens is 2. The van der Waals surface area contributed by atoms with Crippen molar-refractivity contribution in [1.29, 1.82) is 0 Å². The Hall–Kier alpha value is -0.830. The minimum Gasteiger partial charge on any atom is -0.310 e.